The van der Waals surface area contributed by atoms with Crippen LogP contribution in [-0.2, 0) is 10.0 Å². The maximum absolute atomic E-state index is 11.2. The SMILES string of the molecule is CC1CCCN(c2ccc(S(N)(=O)=O)cc2N)C1. The summed E-state index contributed by atoms with van der Waals surface area (Å²) in [6.07, 6.45) is 2.36. The van der Waals surface area contributed by atoms with E-state index in [1.807, 2.05) is 0 Å². The van der Waals surface area contributed by atoms with Crippen LogP contribution in [0.3, 0.4) is 0 Å². The summed E-state index contributed by atoms with van der Waals surface area (Å²) < 4.78 is 22.5. The smallest absolute Gasteiger partial charge is 0.238 e. The first-order chi connectivity index (χ1) is 8.38. The molecule has 0 radical (unpaired) electrons. The van der Waals surface area contributed by atoms with E-state index < -0.39 is 10.0 Å². The van der Waals surface area contributed by atoms with E-state index >= 15 is 0 Å². The molecule has 0 bridgehead atoms. The molecule has 1 saturated heterocycles. The summed E-state index contributed by atoms with van der Waals surface area (Å²) in [6, 6.07) is 4.69. The monoisotopic (exact) mass is 269 g/mol. The van der Waals surface area contributed by atoms with Gasteiger partial charge in [0, 0.05) is 13.1 Å². The number of primary sulfonamides is 1. The molecule has 5 nitrogen and oxygen atoms in total. The topological polar surface area (TPSA) is 89.4 Å². The molecular weight excluding hydrogens is 250 g/mol. The van der Waals surface area contributed by atoms with Gasteiger partial charge in [-0.1, -0.05) is 6.92 Å². The Bertz CT molecular complexity index is 542. The van der Waals surface area contributed by atoms with Crippen molar-refractivity contribution in [2.75, 3.05) is 23.7 Å². The third-order valence-electron chi connectivity index (χ3n) is 3.33. The van der Waals surface area contributed by atoms with Gasteiger partial charge >= 0.3 is 0 Å². The van der Waals surface area contributed by atoms with E-state index in [-0.39, 0.29) is 4.90 Å². The van der Waals surface area contributed by atoms with Gasteiger partial charge in [0.05, 0.1) is 16.3 Å². The lowest BCUT2D eigenvalue weighted by Gasteiger charge is -2.33. The van der Waals surface area contributed by atoms with Crippen LogP contribution in [0.25, 0.3) is 0 Å². The lowest BCUT2D eigenvalue weighted by atomic mass is 9.99. The third kappa shape index (κ3) is 2.76. The number of sulfonamides is 1. The summed E-state index contributed by atoms with van der Waals surface area (Å²) in [4.78, 5) is 2.27. The van der Waals surface area contributed by atoms with Gasteiger partial charge in [-0.05, 0) is 37.0 Å². The Morgan fingerprint density at radius 2 is 2.11 bits per heavy atom. The first-order valence-corrected chi connectivity index (χ1v) is 7.60. The average Bonchev–Trinajstić information content (AvgIpc) is 2.27. The van der Waals surface area contributed by atoms with Crippen molar-refractivity contribution in [3.05, 3.63) is 18.2 Å². The molecule has 0 amide bonds. The van der Waals surface area contributed by atoms with E-state index in [4.69, 9.17) is 10.9 Å². The number of piperidine rings is 1. The standard InChI is InChI=1S/C12H19N3O2S/c1-9-3-2-6-15(8-9)12-5-4-10(7-11(12)13)18(14,16)17/h4-5,7,9H,2-3,6,8,13H2,1H3,(H2,14,16,17). The lowest BCUT2D eigenvalue weighted by molar-refractivity contribution is 0.447. The Balaban J connectivity index is 2.30. The minimum absolute atomic E-state index is 0.0637. The van der Waals surface area contributed by atoms with Crippen molar-refractivity contribution >= 4 is 21.4 Å². The minimum atomic E-state index is -3.68. The van der Waals surface area contributed by atoms with Crippen molar-refractivity contribution in [1.29, 1.82) is 0 Å². The highest BCUT2D eigenvalue weighted by atomic mass is 32.2. The van der Waals surface area contributed by atoms with Gasteiger partial charge in [-0.15, -0.1) is 0 Å². The number of hydrogen-bond acceptors (Lipinski definition) is 4. The van der Waals surface area contributed by atoms with E-state index in [0.717, 1.165) is 25.2 Å². The maximum atomic E-state index is 11.2. The quantitative estimate of drug-likeness (QED) is 0.788. The van der Waals surface area contributed by atoms with Crippen molar-refractivity contribution in [2.45, 2.75) is 24.7 Å². The third-order valence-corrected chi connectivity index (χ3v) is 4.24. The van der Waals surface area contributed by atoms with Crippen molar-refractivity contribution in [2.24, 2.45) is 11.1 Å². The minimum Gasteiger partial charge on any atom is -0.397 e. The van der Waals surface area contributed by atoms with Crippen LogP contribution in [0.5, 0.6) is 0 Å². The molecule has 1 atom stereocenters. The second-order valence-corrected chi connectivity index (χ2v) is 6.52. The number of nitrogens with two attached hydrogens (primary N) is 2. The highest BCUT2D eigenvalue weighted by Gasteiger charge is 2.19. The second kappa shape index (κ2) is 4.78. The number of rotatable bonds is 2. The molecule has 6 heteroatoms. The summed E-state index contributed by atoms with van der Waals surface area (Å²) in [7, 11) is -3.68. The van der Waals surface area contributed by atoms with Crippen LogP contribution in [0.4, 0.5) is 11.4 Å². The molecule has 4 N–H and O–H groups in total. The van der Waals surface area contributed by atoms with Gasteiger partial charge in [-0.25, -0.2) is 13.6 Å². The highest BCUT2D eigenvalue weighted by molar-refractivity contribution is 7.89. The predicted molar refractivity (Wildman–Crippen MR) is 72.8 cm³/mol. The lowest BCUT2D eigenvalue weighted by Crippen LogP contribution is -2.34. The largest absolute Gasteiger partial charge is 0.397 e. The van der Waals surface area contributed by atoms with Gasteiger partial charge in [0.1, 0.15) is 0 Å². The van der Waals surface area contributed by atoms with Crippen LogP contribution >= 0.6 is 0 Å². The van der Waals surface area contributed by atoms with Gasteiger partial charge in [0.2, 0.25) is 10.0 Å². The fourth-order valence-corrected chi connectivity index (χ4v) is 2.95. The summed E-state index contributed by atoms with van der Waals surface area (Å²) >= 11 is 0. The van der Waals surface area contributed by atoms with Crippen molar-refractivity contribution in [3.8, 4) is 0 Å². The Hall–Kier alpha value is -1.27. The predicted octanol–water partition coefficient (Wildman–Crippen LogP) is 1.15. The van der Waals surface area contributed by atoms with E-state index in [2.05, 4.69) is 11.8 Å². The van der Waals surface area contributed by atoms with E-state index in [0.29, 0.717) is 11.6 Å². The van der Waals surface area contributed by atoms with E-state index in [1.54, 1.807) is 6.07 Å². The summed E-state index contributed by atoms with van der Waals surface area (Å²) in [5, 5.41) is 5.08. The van der Waals surface area contributed by atoms with Crippen LogP contribution in [-0.4, -0.2) is 21.5 Å². The molecule has 100 valence electrons. The van der Waals surface area contributed by atoms with Gasteiger partial charge in [-0.2, -0.15) is 0 Å². The Morgan fingerprint density at radius 3 is 2.67 bits per heavy atom. The zero-order valence-corrected chi connectivity index (χ0v) is 11.3. The number of nitrogens with zero attached hydrogens (tertiary/aromatic N) is 1. The molecule has 0 spiro atoms. The Kier molecular flexibility index (Phi) is 3.49. The van der Waals surface area contributed by atoms with Crippen LogP contribution in [0.15, 0.2) is 23.1 Å². The van der Waals surface area contributed by atoms with E-state index in [1.165, 1.54) is 18.6 Å². The van der Waals surface area contributed by atoms with Crippen LogP contribution < -0.4 is 15.8 Å². The van der Waals surface area contributed by atoms with Crippen molar-refractivity contribution in [1.82, 2.24) is 0 Å². The average molecular weight is 269 g/mol. The van der Waals surface area contributed by atoms with E-state index in [9.17, 15) is 8.42 Å². The first-order valence-electron chi connectivity index (χ1n) is 6.05. The molecule has 1 unspecified atom stereocenters. The zero-order valence-electron chi connectivity index (χ0n) is 10.5. The molecule has 0 aliphatic carbocycles. The second-order valence-electron chi connectivity index (χ2n) is 4.96. The molecule has 2 rings (SSSR count). The molecule has 1 fully saturated rings. The molecule has 1 aromatic carbocycles. The first kappa shape index (κ1) is 13.2. The van der Waals surface area contributed by atoms with Crippen LogP contribution in [0.2, 0.25) is 0 Å². The van der Waals surface area contributed by atoms with Gasteiger partial charge in [-0.3, -0.25) is 0 Å². The zero-order chi connectivity index (χ0) is 13.3. The molecule has 0 saturated carbocycles. The Morgan fingerprint density at radius 1 is 1.39 bits per heavy atom. The highest BCUT2D eigenvalue weighted by Crippen LogP contribution is 2.29. The van der Waals surface area contributed by atoms with Crippen molar-refractivity contribution in [3.63, 3.8) is 0 Å². The number of benzene rings is 1. The Labute approximate surface area is 108 Å². The fourth-order valence-electron chi connectivity index (χ4n) is 2.41. The van der Waals surface area contributed by atoms with Crippen LogP contribution in [0.1, 0.15) is 19.8 Å². The maximum Gasteiger partial charge on any atom is 0.238 e. The summed E-state index contributed by atoms with van der Waals surface area (Å²) in [5.41, 5.74) is 7.30. The van der Waals surface area contributed by atoms with Crippen molar-refractivity contribution < 1.29 is 8.42 Å². The molecule has 1 aromatic rings. The number of hydrogen-bond donors (Lipinski definition) is 2. The van der Waals surface area contributed by atoms with Gasteiger partial charge < -0.3 is 10.6 Å². The molecule has 1 aliphatic heterocycles. The molecule has 1 heterocycles. The number of anilines is 2. The number of nitrogen functional groups attached to an aromatic ring is 1. The van der Waals surface area contributed by atoms with Gasteiger partial charge in [0.15, 0.2) is 0 Å². The van der Waals surface area contributed by atoms with Crippen LogP contribution in [0, 0.1) is 5.92 Å². The summed E-state index contributed by atoms with van der Waals surface area (Å²) in [5.74, 6) is 0.635. The molecular formula is C12H19N3O2S. The van der Waals surface area contributed by atoms with Gasteiger partial charge in [0.25, 0.3) is 0 Å². The normalized spacial score (nSPS) is 21.0. The molecule has 18 heavy (non-hydrogen) atoms. The molecule has 1 aliphatic rings. The fraction of sp³-hybridized carbons (Fsp3) is 0.500. The molecule has 0 aromatic heterocycles. The summed E-state index contributed by atoms with van der Waals surface area (Å²) in [6.45, 7) is 4.13.